The molecule has 0 unspecified atom stereocenters. The van der Waals surface area contributed by atoms with Crippen molar-refractivity contribution in [2.45, 2.75) is 13.8 Å². The number of rotatable bonds is 5. The SMILES string of the molecule is CC=CC(=O)Nc1scc2c(C(=O)OCC)nn(-c3ccccc3)c(=O)c12. The zero-order valence-corrected chi connectivity index (χ0v) is 15.6. The smallest absolute Gasteiger partial charge is 0.359 e. The molecule has 27 heavy (non-hydrogen) atoms. The Labute approximate surface area is 158 Å². The molecule has 0 saturated heterocycles. The summed E-state index contributed by atoms with van der Waals surface area (Å²) in [6, 6.07) is 8.76. The summed E-state index contributed by atoms with van der Waals surface area (Å²) in [5.41, 5.74) is 0.103. The summed E-state index contributed by atoms with van der Waals surface area (Å²) in [4.78, 5) is 37.4. The number of carbonyl (C=O) groups excluding carboxylic acids is 2. The van der Waals surface area contributed by atoms with E-state index in [9.17, 15) is 14.4 Å². The van der Waals surface area contributed by atoms with Crippen LogP contribution in [0.3, 0.4) is 0 Å². The number of nitrogens with zero attached hydrogens (tertiary/aromatic N) is 2. The van der Waals surface area contributed by atoms with Gasteiger partial charge in [0.15, 0.2) is 5.69 Å². The number of ether oxygens (including phenoxy) is 1. The summed E-state index contributed by atoms with van der Waals surface area (Å²) in [7, 11) is 0. The van der Waals surface area contributed by atoms with E-state index in [1.54, 1.807) is 49.6 Å². The summed E-state index contributed by atoms with van der Waals surface area (Å²) in [6.07, 6.45) is 2.95. The highest BCUT2D eigenvalue weighted by Gasteiger charge is 2.22. The summed E-state index contributed by atoms with van der Waals surface area (Å²) in [5.74, 6) is -0.988. The van der Waals surface area contributed by atoms with Gasteiger partial charge in [0.2, 0.25) is 5.91 Å². The van der Waals surface area contributed by atoms with Gasteiger partial charge in [-0.1, -0.05) is 24.3 Å². The van der Waals surface area contributed by atoms with Gasteiger partial charge in [0.1, 0.15) is 5.00 Å². The first-order chi connectivity index (χ1) is 13.1. The fourth-order valence-corrected chi connectivity index (χ4v) is 3.48. The molecule has 1 amide bonds. The van der Waals surface area contributed by atoms with E-state index in [2.05, 4.69) is 10.4 Å². The lowest BCUT2D eigenvalue weighted by Crippen LogP contribution is -2.25. The molecule has 0 aliphatic rings. The predicted molar refractivity (Wildman–Crippen MR) is 105 cm³/mol. The zero-order valence-electron chi connectivity index (χ0n) is 14.8. The second-order valence-electron chi connectivity index (χ2n) is 5.46. The predicted octanol–water partition coefficient (Wildman–Crippen LogP) is 3.14. The van der Waals surface area contributed by atoms with Crippen LogP contribution in [-0.4, -0.2) is 28.3 Å². The average molecular weight is 383 g/mol. The lowest BCUT2D eigenvalue weighted by Gasteiger charge is -2.09. The van der Waals surface area contributed by atoms with Gasteiger partial charge in [0.05, 0.1) is 17.7 Å². The van der Waals surface area contributed by atoms with Crippen LogP contribution in [-0.2, 0) is 9.53 Å². The normalized spacial score (nSPS) is 11.0. The molecule has 7 nitrogen and oxygen atoms in total. The van der Waals surface area contributed by atoms with E-state index in [0.717, 1.165) is 16.0 Å². The number of amides is 1. The van der Waals surface area contributed by atoms with Crippen LogP contribution < -0.4 is 10.9 Å². The van der Waals surface area contributed by atoms with Crippen molar-refractivity contribution in [2.75, 3.05) is 11.9 Å². The summed E-state index contributed by atoms with van der Waals surface area (Å²) < 4.78 is 6.23. The van der Waals surface area contributed by atoms with E-state index in [1.165, 1.54) is 6.08 Å². The molecular weight excluding hydrogens is 366 g/mol. The molecule has 2 aromatic heterocycles. The fraction of sp³-hybridized carbons (Fsp3) is 0.158. The molecular formula is C19H17N3O4S. The molecule has 3 aromatic rings. The average Bonchev–Trinajstić information content (AvgIpc) is 3.07. The van der Waals surface area contributed by atoms with Gasteiger partial charge in [0.25, 0.3) is 5.56 Å². The number of fused-ring (bicyclic) bond motifs is 1. The maximum absolute atomic E-state index is 13.1. The minimum absolute atomic E-state index is 0.0260. The highest BCUT2D eigenvalue weighted by Crippen LogP contribution is 2.30. The number of esters is 1. The van der Waals surface area contributed by atoms with Crippen LogP contribution in [0, 0.1) is 0 Å². The Morgan fingerprint density at radius 3 is 2.70 bits per heavy atom. The molecule has 138 valence electrons. The second kappa shape index (κ2) is 7.96. The highest BCUT2D eigenvalue weighted by molar-refractivity contribution is 7.16. The molecule has 0 spiro atoms. The first-order valence-electron chi connectivity index (χ1n) is 8.27. The van der Waals surface area contributed by atoms with Gasteiger partial charge in [-0.15, -0.1) is 11.3 Å². The lowest BCUT2D eigenvalue weighted by atomic mass is 10.2. The molecule has 1 N–H and O–H groups in total. The molecule has 3 rings (SSSR count). The van der Waals surface area contributed by atoms with Crippen LogP contribution in [0.1, 0.15) is 24.3 Å². The standard InChI is InChI=1S/C19H17N3O4S/c1-3-8-14(23)20-17-15-13(11-27-17)16(19(25)26-4-2)21-22(18(15)24)12-9-6-5-7-10-12/h3,5-11H,4H2,1-2H3,(H,20,23). The van der Waals surface area contributed by atoms with Crippen molar-refractivity contribution in [2.24, 2.45) is 0 Å². The molecule has 0 radical (unpaired) electrons. The third kappa shape index (κ3) is 3.65. The van der Waals surface area contributed by atoms with Crippen molar-refractivity contribution in [3.63, 3.8) is 0 Å². The zero-order chi connectivity index (χ0) is 19.4. The summed E-state index contributed by atoms with van der Waals surface area (Å²) >= 11 is 1.16. The van der Waals surface area contributed by atoms with E-state index >= 15 is 0 Å². The number of para-hydroxylation sites is 1. The molecule has 0 aliphatic heterocycles. The molecule has 2 heterocycles. The molecule has 0 fully saturated rings. The fourth-order valence-electron chi connectivity index (χ4n) is 2.54. The number of hydrogen-bond donors (Lipinski definition) is 1. The molecule has 0 saturated carbocycles. The maximum atomic E-state index is 13.1. The Hall–Kier alpha value is -3.26. The summed E-state index contributed by atoms with van der Waals surface area (Å²) in [6.45, 7) is 3.59. The molecule has 8 heteroatoms. The van der Waals surface area contributed by atoms with Crippen molar-refractivity contribution in [1.82, 2.24) is 9.78 Å². The molecule has 0 bridgehead atoms. The van der Waals surface area contributed by atoms with Crippen LogP contribution in [0.15, 0.2) is 52.7 Å². The van der Waals surface area contributed by atoms with Crippen molar-refractivity contribution in [1.29, 1.82) is 0 Å². The van der Waals surface area contributed by atoms with Crippen LogP contribution in [0.4, 0.5) is 5.00 Å². The van der Waals surface area contributed by atoms with Crippen LogP contribution >= 0.6 is 11.3 Å². The number of nitrogens with one attached hydrogen (secondary N) is 1. The van der Waals surface area contributed by atoms with Gasteiger partial charge in [0, 0.05) is 10.8 Å². The Bertz CT molecular complexity index is 1080. The number of benzene rings is 1. The minimum Gasteiger partial charge on any atom is -0.461 e. The summed E-state index contributed by atoms with van der Waals surface area (Å²) in [5, 5.41) is 9.46. The number of allylic oxidation sites excluding steroid dienone is 1. The third-order valence-corrected chi connectivity index (χ3v) is 4.57. The second-order valence-corrected chi connectivity index (χ2v) is 6.34. The van der Waals surface area contributed by atoms with Gasteiger partial charge < -0.3 is 10.1 Å². The van der Waals surface area contributed by atoms with E-state index in [4.69, 9.17) is 4.74 Å². The van der Waals surface area contributed by atoms with Crippen molar-refractivity contribution in [3.8, 4) is 5.69 Å². The quantitative estimate of drug-likeness (QED) is 0.540. The Kier molecular flexibility index (Phi) is 5.46. The lowest BCUT2D eigenvalue weighted by molar-refractivity contribution is -0.111. The third-order valence-electron chi connectivity index (χ3n) is 3.68. The number of hydrogen-bond acceptors (Lipinski definition) is 6. The van der Waals surface area contributed by atoms with E-state index < -0.39 is 11.5 Å². The molecule has 0 atom stereocenters. The Balaban J connectivity index is 2.27. The van der Waals surface area contributed by atoms with Crippen LogP contribution in [0.2, 0.25) is 0 Å². The van der Waals surface area contributed by atoms with Gasteiger partial charge in [-0.05, 0) is 32.1 Å². The largest absolute Gasteiger partial charge is 0.461 e. The highest BCUT2D eigenvalue weighted by atomic mass is 32.1. The number of thiophene rings is 1. The first kappa shape index (κ1) is 18.5. The van der Waals surface area contributed by atoms with Crippen LogP contribution in [0.5, 0.6) is 0 Å². The topological polar surface area (TPSA) is 90.3 Å². The first-order valence-corrected chi connectivity index (χ1v) is 9.15. The van der Waals surface area contributed by atoms with Gasteiger partial charge in [-0.3, -0.25) is 9.59 Å². The monoisotopic (exact) mass is 383 g/mol. The number of carbonyl (C=O) groups is 2. The molecule has 1 aromatic carbocycles. The van der Waals surface area contributed by atoms with E-state index in [1.807, 2.05) is 6.07 Å². The number of aromatic nitrogens is 2. The van der Waals surface area contributed by atoms with Gasteiger partial charge in [-0.2, -0.15) is 9.78 Å². The van der Waals surface area contributed by atoms with E-state index in [0.29, 0.717) is 16.1 Å². The maximum Gasteiger partial charge on any atom is 0.359 e. The Morgan fingerprint density at radius 1 is 1.30 bits per heavy atom. The van der Waals surface area contributed by atoms with E-state index in [-0.39, 0.29) is 23.6 Å². The Morgan fingerprint density at radius 2 is 2.04 bits per heavy atom. The minimum atomic E-state index is -0.628. The van der Waals surface area contributed by atoms with Crippen molar-refractivity contribution >= 4 is 39.0 Å². The van der Waals surface area contributed by atoms with Crippen molar-refractivity contribution in [3.05, 3.63) is 63.9 Å². The van der Waals surface area contributed by atoms with Gasteiger partial charge >= 0.3 is 5.97 Å². The van der Waals surface area contributed by atoms with Crippen molar-refractivity contribution < 1.29 is 14.3 Å². The molecule has 0 aliphatic carbocycles. The number of anilines is 1. The van der Waals surface area contributed by atoms with Gasteiger partial charge in [-0.25, -0.2) is 4.79 Å². The van der Waals surface area contributed by atoms with Crippen LogP contribution in [0.25, 0.3) is 16.5 Å².